The summed E-state index contributed by atoms with van der Waals surface area (Å²) in [6.07, 6.45) is 6.41. The maximum atomic E-state index is 12.5. The van der Waals surface area contributed by atoms with Gasteiger partial charge in [-0.2, -0.15) is 0 Å². The number of carbonyl (C=O) groups is 1. The van der Waals surface area contributed by atoms with Crippen molar-refractivity contribution in [2.45, 2.75) is 31.4 Å². The quantitative estimate of drug-likeness (QED) is 0.797. The van der Waals surface area contributed by atoms with Gasteiger partial charge in [-0.3, -0.25) is 9.78 Å². The number of nitrogens with one attached hydrogen (secondary N) is 1. The minimum atomic E-state index is 0.0584. The van der Waals surface area contributed by atoms with Crippen molar-refractivity contribution in [1.29, 1.82) is 0 Å². The Balaban J connectivity index is 1.48. The van der Waals surface area contributed by atoms with Crippen LogP contribution in [0.1, 0.15) is 30.9 Å². The first-order valence-corrected chi connectivity index (χ1v) is 8.44. The van der Waals surface area contributed by atoms with Crippen LogP contribution in [0.15, 0.2) is 24.5 Å². The molecule has 0 aliphatic carbocycles. The second kappa shape index (κ2) is 8.38. The van der Waals surface area contributed by atoms with E-state index >= 15 is 0 Å². The molecule has 2 aliphatic rings. The molecule has 0 radical (unpaired) electrons. The van der Waals surface area contributed by atoms with Crippen molar-refractivity contribution in [1.82, 2.24) is 15.2 Å². The fourth-order valence-corrected chi connectivity index (χ4v) is 3.17. The lowest BCUT2D eigenvalue weighted by atomic mass is 10.0. The minimum absolute atomic E-state index is 0.0584. The fourth-order valence-electron chi connectivity index (χ4n) is 3.17. The molecule has 1 aromatic heterocycles. The van der Waals surface area contributed by atoms with Crippen molar-refractivity contribution >= 4 is 5.91 Å². The van der Waals surface area contributed by atoms with Gasteiger partial charge in [-0.05, 0) is 24.5 Å². The number of aromatic nitrogens is 1. The number of rotatable bonds is 6. The first-order chi connectivity index (χ1) is 11.3. The first kappa shape index (κ1) is 16.4. The third kappa shape index (κ3) is 4.50. The predicted octanol–water partition coefficient (Wildman–Crippen LogP) is 1.14. The van der Waals surface area contributed by atoms with Crippen LogP contribution in [0, 0.1) is 0 Å². The Morgan fingerprint density at radius 3 is 3.26 bits per heavy atom. The summed E-state index contributed by atoms with van der Waals surface area (Å²) in [7, 11) is 0. The van der Waals surface area contributed by atoms with E-state index in [4.69, 9.17) is 9.47 Å². The lowest BCUT2D eigenvalue weighted by molar-refractivity contribution is -0.136. The van der Waals surface area contributed by atoms with Crippen molar-refractivity contribution in [3.8, 4) is 0 Å². The lowest BCUT2D eigenvalue weighted by Gasteiger charge is -2.36. The van der Waals surface area contributed by atoms with Crippen LogP contribution in [0.2, 0.25) is 0 Å². The second-order valence-electron chi connectivity index (χ2n) is 6.05. The molecule has 2 aliphatic heterocycles. The van der Waals surface area contributed by atoms with E-state index in [1.807, 2.05) is 23.2 Å². The van der Waals surface area contributed by atoms with Gasteiger partial charge in [0.25, 0.3) is 0 Å². The summed E-state index contributed by atoms with van der Waals surface area (Å²) in [5.41, 5.74) is 1.08. The van der Waals surface area contributed by atoms with Gasteiger partial charge >= 0.3 is 0 Å². The topological polar surface area (TPSA) is 63.7 Å². The SMILES string of the molecule is O=C(CCOCC1CCCO1)N1CCNCC1c1cccnc1. The summed E-state index contributed by atoms with van der Waals surface area (Å²) < 4.78 is 11.1. The van der Waals surface area contributed by atoms with E-state index in [9.17, 15) is 4.79 Å². The Hall–Kier alpha value is -1.50. The van der Waals surface area contributed by atoms with Gasteiger partial charge < -0.3 is 19.7 Å². The molecule has 6 nitrogen and oxygen atoms in total. The largest absolute Gasteiger partial charge is 0.378 e. The van der Waals surface area contributed by atoms with Crippen molar-refractivity contribution < 1.29 is 14.3 Å². The number of hydrogen-bond donors (Lipinski definition) is 1. The Morgan fingerprint density at radius 1 is 1.52 bits per heavy atom. The van der Waals surface area contributed by atoms with E-state index in [2.05, 4.69) is 10.3 Å². The van der Waals surface area contributed by atoms with Gasteiger partial charge in [-0.15, -0.1) is 0 Å². The lowest BCUT2D eigenvalue weighted by Crippen LogP contribution is -2.48. The summed E-state index contributed by atoms with van der Waals surface area (Å²) >= 11 is 0. The van der Waals surface area contributed by atoms with Crippen molar-refractivity contribution in [2.24, 2.45) is 0 Å². The molecule has 0 saturated carbocycles. The van der Waals surface area contributed by atoms with E-state index < -0.39 is 0 Å². The molecule has 1 N–H and O–H groups in total. The average Bonchev–Trinajstić information content (AvgIpc) is 3.13. The van der Waals surface area contributed by atoms with Gasteiger partial charge in [0.15, 0.2) is 0 Å². The number of ether oxygens (including phenoxy) is 2. The molecule has 3 heterocycles. The molecule has 0 bridgehead atoms. The maximum absolute atomic E-state index is 12.5. The van der Waals surface area contributed by atoms with E-state index in [1.54, 1.807) is 6.20 Å². The molecular weight excluding hydrogens is 294 g/mol. The summed E-state index contributed by atoms with van der Waals surface area (Å²) in [5, 5.41) is 3.35. The summed E-state index contributed by atoms with van der Waals surface area (Å²) in [5.74, 6) is 0.146. The molecule has 1 aromatic rings. The van der Waals surface area contributed by atoms with E-state index in [-0.39, 0.29) is 18.1 Å². The van der Waals surface area contributed by atoms with Crippen LogP contribution in [0.3, 0.4) is 0 Å². The van der Waals surface area contributed by atoms with Gasteiger partial charge in [-0.1, -0.05) is 6.07 Å². The highest BCUT2D eigenvalue weighted by Crippen LogP contribution is 2.22. The third-order valence-electron chi connectivity index (χ3n) is 4.42. The van der Waals surface area contributed by atoms with Crippen LogP contribution >= 0.6 is 0 Å². The smallest absolute Gasteiger partial charge is 0.225 e. The molecule has 23 heavy (non-hydrogen) atoms. The van der Waals surface area contributed by atoms with Crippen LogP contribution in [-0.4, -0.2) is 61.3 Å². The molecule has 1 amide bonds. The molecule has 0 spiro atoms. The van der Waals surface area contributed by atoms with Crippen molar-refractivity contribution in [3.63, 3.8) is 0 Å². The molecule has 126 valence electrons. The highest BCUT2D eigenvalue weighted by atomic mass is 16.5. The molecule has 2 unspecified atom stereocenters. The normalized spacial score (nSPS) is 24.8. The number of nitrogens with zero attached hydrogens (tertiary/aromatic N) is 2. The third-order valence-corrected chi connectivity index (χ3v) is 4.42. The van der Waals surface area contributed by atoms with E-state index in [0.717, 1.165) is 44.6 Å². The average molecular weight is 319 g/mol. The monoisotopic (exact) mass is 319 g/mol. The zero-order chi connectivity index (χ0) is 15.9. The second-order valence-corrected chi connectivity index (χ2v) is 6.05. The van der Waals surface area contributed by atoms with Gasteiger partial charge in [0.1, 0.15) is 0 Å². The Kier molecular flexibility index (Phi) is 5.96. The molecule has 2 fully saturated rings. The molecule has 2 saturated heterocycles. The minimum Gasteiger partial charge on any atom is -0.378 e. The molecule has 3 rings (SSSR count). The zero-order valence-corrected chi connectivity index (χ0v) is 13.4. The van der Waals surface area contributed by atoms with Crippen LogP contribution in [0.25, 0.3) is 0 Å². The Morgan fingerprint density at radius 2 is 2.48 bits per heavy atom. The van der Waals surface area contributed by atoms with Crippen LogP contribution in [0.5, 0.6) is 0 Å². The van der Waals surface area contributed by atoms with Crippen LogP contribution < -0.4 is 5.32 Å². The highest BCUT2D eigenvalue weighted by molar-refractivity contribution is 5.77. The molecular formula is C17H25N3O3. The van der Waals surface area contributed by atoms with Gasteiger partial charge in [0, 0.05) is 38.6 Å². The summed E-state index contributed by atoms with van der Waals surface area (Å²) in [4.78, 5) is 18.7. The number of pyridine rings is 1. The maximum Gasteiger partial charge on any atom is 0.225 e. The standard InChI is InChI=1S/C17H25N3O3/c21-17(5-10-22-13-15-4-2-9-23-15)20-8-7-19-12-16(20)14-3-1-6-18-11-14/h1,3,6,11,15-16,19H,2,4-5,7-10,12-13H2. The van der Waals surface area contributed by atoms with Gasteiger partial charge in [0.05, 0.1) is 31.8 Å². The first-order valence-electron chi connectivity index (χ1n) is 8.44. The Labute approximate surface area is 137 Å². The predicted molar refractivity (Wildman–Crippen MR) is 86.0 cm³/mol. The van der Waals surface area contributed by atoms with Crippen molar-refractivity contribution in [3.05, 3.63) is 30.1 Å². The van der Waals surface area contributed by atoms with Crippen LogP contribution in [-0.2, 0) is 14.3 Å². The highest BCUT2D eigenvalue weighted by Gasteiger charge is 2.27. The summed E-state index contributed by atoms with van der Waals surface area (Å²) in [6, 6.07) is 4.00. The number of amides is 1. The van der Waals surface area contributed by atoms with Gasteiger partial charge in [-0.25, -0.2) is 0 Å². The van der Waals surface area contributed by atoms with Crippen LogP contribution in [0.4, 0.5) is 0 Å². The van der Waals surface area contributed by atoms with E-state index in [1.165, 1.54) is 0 Å². The van der Waals surface area contributed by atoms with Gasteiger partial charge in [0.2, 0.25) is 5.91 Å². The molecule has 2 atom stereocenters. The summed E-state index contributed by atoms with van der Waals surface area (Å²) in [6.45, 7) is 4.22. The molecule has 0 aromatic carbocycles. The number of carbonyl (C=O) groups excluding carboxylic acids is 1. The number of piperazine rings is 1. The van der Waals surface area contributed by atoms with Crippen molar-refractivity contribution in [2.75, 3.05) is 39.5 Å². The van der Waals surface area contributed by atoms with E-state index in [0.29, 0.717) is 19.6 Å². The molecule has 6 heteroatoms. The number of hydrogen-bond acceptors (Lipinski definition) is 5. The zero-order valence-electron chi connectivity index (χ0n) is 13.4. The Bertz CT molecular complexity index is 491. The fraction of sp³-hybridized carbons (Fsp3) is 0.647.